The average molecular weight is 363 g/mol. The highest BCUT2D eigenvalue weighted by molar-refractivity contribution is 5.80. The van der Waals surface area contributed by atoms with Crippen LogP contribution in [0.4, 0.5) is 4.79 Å². The minimum atomic E-state index is -0.758. The van der Waals surface area contributed by atoms with E-state index < -0.39 is 11.4 Å². The summed E-state index contributed by atoms with van der Waals surface area (Å²) in [5.74, 6) is 0.898. The molecule has 1 unspecified atom stereocenters. The van der Waals surface area contributed by atoms with E-state index in [4.69, 9.17) is 4.74 Å². The number of ether oxygens (including phenoxy) is 1. The minimum Gasteiger partial charge on any atom is -0.481 e. The smallest absolute Gasteiger partial charge is 0.317 e. The molecule has 1 saturated carbocycles. The summed E-state index contributed by atoms with van der Waals surface area (Å²) in [7, 11) is 1.61. The molecule has 0 bridgehead atoms. The van der Waals surface area contributed by atoms with E-state index in [9.17, 15) is 14.7 Å². The number of carbonyl (C=O) groups excluding carboxylic acids is 1. The number of rotatable bonds is 4. The monoisotopic (exact) mass is 363 g/mol. The van der Waals surface area contributed by atoms with Gasteiger partial charge in [0.05, 0.1) is 18.0 Å². The number of nitrogens with one attached hydrogen (secondary N) is 1. The maximum atomic E-state index is 12.7. The third-order valence-electron chi connectivity index (χ3n) is 6.09. The summed E-state index contributed by atoms with van der Waals surface area (Å²) < 4.78 is 6.90. The van der Waals surface area contributed by atoms with Crippen molar-refractivity contribution >= 4 is 12.0 Å². The lowest BCUT2D eigenvalue weighted by molar-refractivity contribution is -0.149. The molecule has 0 aromatic carbocycles. The van der Waals surface area contributed by atoms with E-state index in [1.807, 2.05) is 4.68 Å². The highest BCUT2D eigenvalue weighted by Crippen LogP contribution is 2.48. The molecule has 142 valence electrons. The molecule has 0 spiro atoms. The van der Waals surface area contributed by atoms with Gasteiger partial charge in [-0.25, -0.2) is 14.5 Å². The summed E-state index contributed by atoms with van der Waals surface area (Å²) in [5, 5.41) is 17.1. The molecule has 2 fully saturated rings. The number of likely N-dealkylation sites (tertiary alicyclic amines) is 1. The van der Waals surface area contributed by atoms with Crippen LogP contribution in [0.25, 0.3) is 0 Å². The lowest BCUT2D eigenvalue weighted by Crippen LogP contribution is -2.48. The topological polar surface area (TPSA) is 110 Å². The van der Waals surface area contributed by atoms with Crippen LogP contribution in [0.2, 0.25) is 0 Å². The van der Waals surface area contributed by atoms with Gasteiger partial charge < -0.3 is 20.1 Å². The molecule has 1 aromatic heterocycles. The predicted octanol–water partition coefficient (Wildman–Crippen LogP) is 0.636. The maximum absolute atomic E-state index is 12.7. The Bertz CT molecular complexity index is 720. The van der Waals surface area contributed by atoms with Crippen molar-refractivity contribution in [3.63, 3.8) is 0 Å². The second-order valence-corrected chi connectivity index (χ2v) is 7.68. The number of nitrogens with zero attached hydrogens (tertiary/aromatic N) is 4. The van der Waals surface area contributed by atoms with Crippen LogP contribution in [0.3, 0.4) is 0 Å². The van der Waals surface area contributed by atoms with Crippen LogP contribution in [-0.2, 0) is 29.1 Å². The van der Waals surface area contributed by atoms with Crippen LogP contribution in [0, 0.1) is 11.3 Å². The van der Waals surface area contributed by atoms with E-state index in [0.29, 0.717) is 38.5 Å². The molecular formula is C17H25N5O4. The minimum absolute atomic E-state index is 0.0201. The summed E-state index contributed by atoms with van der Waals surface area (Å²) in [5.41, 5.74) is -0.738. The largest absolute Gasteiger partial charge is 0.481 e. The van der Waals surface area contributed by atoms with Crippen molar-refractivity contribution in [3.8, 4) is 0 Å². The van der Waals surface area contributed by atoms with E-state index in [2.05, 4.69) is 15.4 Å². The van der Waals surface area contributed by atoms with Crippen LogP contribution in [0.15, 0.2) is 0 Å². The molecule has 1 aliphatic carbocycles. The van der Waals surface area contributed by atoms with Gasteiger partial charge in [0.25, 0.3) is 0 Å². The fourth-order valence-corrected chi connectivity index (χ4v) is 4.73. The number of hydrogen-bond acceptors (Lipinski definition) is 5. The zero-order chi connectivity index (χ0) is 18.3. The Labute approximate surface area is 151 Å². The molecule has 3 aliphatic rings. The Morgan fingerprint density at radius 2 is 2.23 bits per heavy atom. The van der Waals surface area contributed by atoms with Crippen molar-refractivity contribution in [3.05, 3.63) is 11.6 Å². The highest BCUT2D eigenvalue weighted by atomic mass is 16.5. The summed E-state index contributed by atoms with van der Waals surface area (Å²) in [4.78, 5) is 30.6. The van der Waals surface area contributed by atoms with Gasteiger partial charge in [-0.1, -0.05) is 6.42 Å². The Balaban J connectivity index is 1.38. The van der Waals surface area contributed by atoms with Gasteiger partial charge in [0, 0.05) is 26.6 Å². The van der Waals surface area contributed by atoms with Gasteiger partial charge in [0.1, 0.15) is 12.4 Å². The first-order valence-corrected chi connectivity index (χ1v) is 9.22. The summed E-state index contributed by atoms with van der Waals surface area (Å²) in [6, 6.07) is -0.181. The fourth-order valence-electron chi connectivity index (χ4n) is 4.73. The molecule has 9 nitrogen and oxygen atoms in total. The SMILES string of the molecule is COCc1nc2n(n1)CC(NC(=O)N1C[C@@H]3CCC[C@@]3(C(=O)O)C1)CC2. The summed E-state index contributed by atoms with van der Waals surface area (Å²) in [6.07, 6.45) is 4.06. The average Bonchev–Trinajstić information content (AvgIpc) is 3.26. The third-order valence-corrected chi connectivity index (χ3v) is 6.09. The lowest BCUT2D eigenvalue weighted by atomic mass is 9.81. The number of aryl methyl sites for hydroxylation is 1. The number of carbonyl (C=O) groups is 2. The summed E-state index contributed by atoms with van der Waals surface area (Å²) in [6.45, 7) is 1.82. The maximum Gasteiger partial charge on any atom is 0.317 e. The molecule has 0 radical (unpaired) electrons. The highest BCUT2D eigenvalue weighted by Gasteiger charge is 2.55. The van der Waals surface area contributed by atoms with E-state index >= 15 is 0 Å². The van der Waals surface area contributed by atoms with Crippen molar-refractivity contribution in [2.45, 2.75) is 51.3 Å². The van der Waals surface area contributed by atoms with Gasteiger partial charge in [-0.05, 0) is 25.2 Å². The number of methoxy groups -OCH3 is 1. The number of hydrogen-bond donors (Lipinski definition) is 2. The van der Waals surface area contributed by atoms with Crippen molar-refractivity contribution in [2.24, 2.45) is 11.3 Å². The van der Waals surface area contributed by atoms with Gasteiger partial charge in [0.2, 0.25) is 0 Å². The molecule has 3 atom stereocenters. The molecule has 1 saturated heterocycles. The molecule has 2 N–H and O–H groups in total. The molecule has 2 amide bonds. The third kappa shape index (κ3) is 2.84. The summed E-state index contributed by atoms with van der Waals surface area (Å²) >= 11 is 0. The molecule has 2 aliphatic heterocycles. The van der Waals surface area contributed by atoms with E-state index in [1.165, 1.54) is 0 Å². The number of carboxylic acid groups (broad SMARTS) is 1. The standard InChI is InChI=1S/C17H25N5O4/c1-26-9-13-19-14-5-4-12(8-22(14)20-13)18-16(25)21-7-11-3-2-6-17(11,10-21)15(23)24/h11-12H,2-10H2,1H3,(H,18,25)(H,23,24)/t11-,12?,17+/m0/s1. The fraction of sp³-hybridized carbons (Fsp3) is 0.765. The number of urea groups is 1. The second-order valence-electron chi connectivity index (χ2n) is 7.68. The Hall–Kier alpha value is -2.16. The van der Waals surface area contributed by atoms with Gasteiger partial charge in [-0.15, -0.1) is 0 Å². The molecule has 9 heteroatoms. The second kappa shape index (κ2) is 6.53. The molecular weight excluding hydrogens is 338 g/mol. The Morgan fingerprint density at radius 1 is 1.38 bits per heavy atom. The van der Waals surface area contributed by atoms with E-state index in [1.54, 1.807) is 12.0 Å². The van der Waals surface area contributed by atoms with Gasteiger partial charge in [0.15, 0.2) is 5.82 Å². The van der Waals surface area contributed by atoms with Crippen molar-refractivity contribution < 1.29 is 19.4 Å². The van der Waals surface area contributed by atoms with E-state index in [0.717, 1.165) is 31.5 Å². The molecule has 26 heavy (non-hydrogen) atoms. The normalized spacial score (nSPS) is 30.1. The zero-order valence-corrected chi connectivity index (χ0v) is 15.0. The first-order chi connectivity index (χ1) is 12.5. The van der Waals surface area contributed by atoms with Crippen LogP contribution in [0.1, 0.15) is 37.3 Å². The van der Waals surface area contributed by atoms with Crippen molar-refractivity contribution in [1.29, 1.82) is 0 Å². The predicted molar refractivity (Wildman–Crippen MR) is 90.4 cm³/mol. The zero-order valence-electron chi connectivity index (χ0n) is 15.0. The quantitative estimate of drug-likeness (QED) is 0.812. The van der Waals surface area contributed by atoms with Crippen LogP contribution in [-0.4, -0.2) is 63.0 Å². The Kier molecular flexibility index (Phi) is 4.34. The number of aromatic nitrogens is 3. The number of amides is 2. The molecule has 3 heterocycles. The van der Waals surface area contributed by atoms with Gasteiger partial charge in [-0.3, -0.25) is 4.79 Å². The first kappa shape index (κ1) is 17.3. The van der Waals surface area contributed by atoms with Crippen molar-refractivity contribution in [1.82, 2.24) is 25.0 Å². The van der Waals surface area contributed by atoms with Crippen molar-refractivity contribution in [2.75, 3.05) is 20.2 Å². The molecule has 4 rings (SSSR count). The number of fused-ring (bicyclic) bond motifs is 2. The van der Waals surface area contributed by atoms with Gasteiger partial charge >= 0.3 is 12.0 Å². The first-order valence-electron chi connectivity index (χ1n) is 9.22. The lowest BCUT2D eigenvalue weighted by Gasteiger charge is -2.27. The van der Waals surface area contributed by atoms with Crippen LogP contribution >= 0.6 is 0 Å². The number of aliphatic carboxylic acids is 1. The van der Waals surface area contributed by atoms with E-state index in [-0.39, 0.29) is 18.0 Å². The number of carboxylic acids is 1. The van der Waals surface area contributed by atoms with Crippen LogP contribution < -0.4 is 5.32 Å². The van der Waals surface area contributed by atoms with Gasteiger partial charge in [-0.2, -0.15) is 5.10 Å². The van der Waals surface area contributed by atoms with Crippen LogP contribution in [0.5, 0.6) is 0 Å². The molecule has 1 aromatic rings. The Morgan fingerprint density at radius 3 is 2.96 bits per heavy atom.